The highest BCUT2D eigenvalue weighted by Crippen LogP contribution is 2.31. The lowest BCUT2D eigenvalue weighted by molar-refractivity contribution is -0.142. The Morgan fingerprint density at radius 2 is 1.81 bits per heavy atom. The molecule has 0 radical (unpaired) electrons. The van der Waals surface area contributed by atoms with Gasteiger partial charge in [-0.25, -0.2) is 0 Å². The summed E-state index contributed by atoms with van der Waals surface area (Å²) in [4.78, 5) is 42.1. The zero-order valence-electron chi connectivity index (χ0n) is 26.5. The number of fused-ring (bicyclic) bond motifs is 1. The van der Waals surface area contributed by atoms with Crippen LogP contribution >= 0.6 is 0 Å². The summed E-state index contributed by atoms with van der Waals surface area (Å²) in [6, 6.07) is 18.1. The Balaban J connectivity index is 1.47. The quantitative estimate of drug-likeness (QED) is 0.210. The molecular formula is C34H40F3N5O5. The number of benzene rings is 3. The van der Waals surface area contributed by atoms with E-state index in [4.69, 9.17) is 10.5 Å². The Hall–Kier alpha value is -4.62. The number of carbonyl (C=O) groups excluding carboxylic acids is 3. The third-order valence-corrected chi connectivity index (χ3v) is 7.95. The van der Waals surface area contributed by atoms with Crippen LogP contribution in [0.1, 0.15) is 53.0 Å². The van der Waals surface area contributed by atoms with Crippen LogP contribution in [0.3, 0.4) is 0 Å². The lowest BCUT2D eigenvalue weighted by atomic mass is 9.99. The first-order chi connectivity index (χ1) is 22.2. The van der Waals surface area contributed by atoms with Gasteiger partial charge in [-0.3, -0.25) is 19.3 Å². The normalized spacial score (nSPS) is 17.3. The van der Waals surface area contributed by atoms with Crippen molar-refractivity contribution in [2.75, 3.05) is 43.1 Å². The molecule has 1 aliphatic rings. The SMILES string of the molecule is C[C@H]1CN([C@@H](C)CO)C(=O)c2cc(NC(=O)CCC(F)(F)F)ccc2O[C@H]1CN(C)Cc1ccc(C(=O)Nc2ccccc2N)cc1. The molecule has 0 saturated carbocycles. The van der Waals surface area contributed by atoms with Gasteiger partial charge in [-0.05, 0) is 62.0 Å². The number of carbonyl (C=O) groups is 3. The second-order valence-corrected chi connectivity index (χ2v) is 11.9. The molecule has 0 saturated heterocycles. The molecule has 0 aliphatic carbocycles. The van der Waals surface area contributed by atoms with Crippen LogP contribution in [0.25, 0.3) is 0 Å². The Bertz CT molecular complexity index is 1570. The fourth-order valence-electron chi connectivity index (χ4n) is 5.25. The van der Waals surface area contributed by atoms with Gasteiger partial charge in [0.2, 0.25) is 5.91 Å². The van der Waals surface area contributed by atoms with Gasteiger partial charge in [0.15, 0.2) is 0 Å². The number of alkyl halides is 3. The van der Waals surface area contributed by atoms with Crippen LogP contribution in [-0.2, 0) is 11.3 Å². The van der Waals surface area contributed by atoms with E-state index in [1.807, 2.05) is 26.1 Å². The molecule has 47 heavy (non-hydrogen) atoms. The van der Waals surface area contributed by atoms with Gasteiger partial charge in [0.25, 0.3) is 11.8 Å². The largest absolute Gasteiger partial charge is 0.488 e. The van der Waals surface area contributed by atoms with E-state index < -0.39 is 43.0 Å². The summed E-state index contributed by atoms with van der Waals surface area (Å²) in [7, 11) is 1.92. The van der Waals surface area contributed by atoms with E-state index >= 15 is 0 Å². The van der Waals surface area contributed by atoms with Gasteiger partial charge in [-0.1, -0.05) is 31.2 Å². The van der Waals surface area contributed by atoms with E-state index in [9.17, 15) is 32.7 Å². The van der Waals surface area contributed by atoms with Crippen molar-refractivity contribution in [2.24, 2.45) is 5.92 Å². The second kappa shape index (κ2) is 15.3. The molecule has 0 bridgehead atoms. The molecule has 3 aromatic carbocycles. The van der Waals surface area contributed by atoms with Crippen molar-refractivity contribution in [2.45, 2.75) is 51.6 Å². The minimum atomic E-state index is -4.47. The van der Waals surface area contributed by atoms with Gasteiger partial charge in [0, 0.05) is 43.2 Å². The standard InChI is InChI=1S/C34H40F3N5O5/c1-21-17-42(22(2)20-43)33(46)26-16-25(39-31(44)14-15-34(35,36)37)12-13-29(26)47-30(21)19-41(3)18-23-8-10-24(11-9-23)32(45)40-28-7-5-4-6-27(28)38/h4-13,16,21-22,30,43H,14-15,17-20,38H2,1-3H3,(H,39,44)(H,40,45)/t21-,22-,30-/m0/s1. The van der Waals surface area contributed by atoms with E-state index in [1.165, 1.54) is 18.2 Å². The van der Waals surface area contributed by atoms with Gasteiger partial charge in [0.05, 0.1) is 36.0 Å². The van der Waals surface area contributed by atoms with E-state index in [2.05, 4.69) is 15.5 Å². The van der Waals surface area contributed by atoms with Crippen LogP contribution in [0.5, 0.6) is 5.75 Å². The van der Waals surface area contributed by atoms with Gasteiger partial charge in [-0.2, -0.15) is 13.2 Å². The Morgan fingerprint density at radius 1 is 1.11 bits per heavy atom. The Kier molecular flexibility index (Phi) is 11.5. The second-order valence-electron chi connectivity index (χ2n) is 11.9. The maximum Gasteiger partial charge on any atom is 0.389 e. The molecule has 13 heteroatoms. The van der Waals surface area contributed by atoms with E-state index in [-0.39, 0.29) is 42.0 Å². The van der Waals surface area contributed by atoms with Crippen molar-refractivity contribution >= 4 is 34.8 Å². The molecule has 3 atom stereocenters. The molecule has 0 spiro atoms. The number of nitrogens with two attached hydrogens (primary N) is 1. The minimum absolute atomic E-state index is 0.129. The third kappa shape index (κ3) is 9.69. The number of aliphatic hydroxyl groups excluding tert-OH is 1. The third-order valence-electron chi connectivity index (χ3n) is 7.95. The lowest BCUT2D eigenvalue weighted by Gasteiger charge is -2.38. The number of para-hydroxylation sites is 2. The van der Waals surface area contributed by atoms with Crippen molar-refractivity contribution in [1.82, 2.24) is 9.80 Å². The number of amides is 3. The van der Waals surface area contributed by atoms with Crippen LogP contribution in [0.2, 0.25) is 0 Å². The number of hydrogen-bond acceptors (Lipinski definition) is 7. The molecule has 252 valence electrons. The van der Waals surface area contributed by atoms with Crippen molar-refractivity contribution in [1.29, 1.82) is 0 Å². The van der Waals surface area contributed by atoms with Crippen LogP contribution in [0, 0.1) is 5.92 Å². The zero-order chi connectivity index (χ0) is 34.3. The monoisotopic (exact) mass is 655 g/mol. The molecule has 3 amide bonds. The van der Waals surface area contributed by atoms with E-state index in [0.29, 0.717) is 30.0 Å². The van der Waals surface area contributed by atoms with Crippen LogP contribution in [0.4, 0.5) is 30.2 Å². The van der Waals surface area contributed by atoms with Crippen LogP contribution < -0.4 is 21.1 Å². The van der Waals surface area contributed by atoms with Gasteiger partial charge in [-0.15, -0.1) is 0 Å². The number of anilines is 3. The van der Waals surface area contributed by atoms with Crippen molar-refractivity contribution in [3.8, 4) is 5.75 Å². The van der Waals surface area contributed by atoms with Gasteiger partial charge >= 0.3 is 6.18 Å². The Labute approximate surface area is 271 Å². The molecule has 1 heterocycles. The van der Waals surface area contributed by atoms with E-state index in [0.717, 1.165) is 5.56 Å². The first-order valence-electron chi connectivity index (χ1n) is 15.3. The predicted molar refractivity (Wildman–Crippen MR) is 173 cm³/mol. The first-order valence-corrected chi connectivity index (χ1v) is 15.3. The number of halogens is 3. The Morgan fingerprint density at radius 3 is 2.47 bits per heavy atom. The number of nitrogen functional groups attached to an aromatic ring is 1. The predicted octanol–water partition coefficient (Wildman–Crippen LogP) is 5.15. The highest BCUT2D eigenvalue weighted by molar-refractivity contribution is 6.05. The number of aliphatic hydroxyl groups is 1. The smallest absolute Gasteiger partial charge is 0.389 e. The van der Waals surface area contributed by atoms with Crippen molar-refractivity contribution < 1.29 is 37.4 Å². The highest BCUT2D eigenvalue weighted by Gasteiger charge is 2.34. The maximum absolute atomic E-state index is 13.6. The molecule has 0 aromatic heterocycles. The summed E-state index contributed by atoms with van der Waals surface area (Å²) < 4.78 is 44.1. The number of rotatable bonds is 11. The minimum Gasteiger partial charge on any atom is -0.488 e. The van der Waals surface area contributed by atoms with Gasteiger partial charge < -0.3 is 31.1 Å². The van der Waals surface area contributed by atoms with E-state index in [1.54, 1.807) is 48.2 Å². The van der Waals surface area contributed by atoms with Crippen LogP contribution in [0.15, 0.2) is 66.7 Å². The topological polar surface area (TPSA) is 137 Å². The summed E-state index contributed by atoms with van der Waals surface area (Å²) >= 11 is 0. The fraction of sp³-hybridized carbons (Fsp3) is 0.382. The zero-order valence-corrected chi connectivity index (χ0v) is 26.5. The highest BCUT2D eigenvalue weighted by atomic mass is 19.4. The number of nitrogens with one attached hydrogen (secondary N) is 2. The summed E-state index contributed by atoms with van der Waals surface area (Å²) in [5, 5.41) is 15.1. The molecule has 1 aliphatic heterocycles. The summed E-state index contributed by atoms with van der Waals surface area (Å²) in [5.74, 6) is -1.42. The summed E-state index contributed by atoms with van der Waals surface area (Å²) in [6.45, 7) is 4.66. The maximum atomic E-state index is 13.6. The first kappa shape index (κ1) is 35.2. The molecule has 3 aromatic rings. The average molecular weight is 656 g/mol. The number of ether oxygens (including phenoxy) is 1. The molecular weight excluding hydrogens is 615 g/mol. The molecule has 0 fully saturated rings. The van der Waals surface area contributed by atoms with Crippen LogP contribution in [-0.4, -0.2) is 77.7 Å². The van der Waals surface area contributed by atoms with Crippen molar-refractivity contribution in [3.05, 3.63) is 83.4 Å². The number of nitrogens with zero attached hydrogens (tertiary/aromatic N) is 2. The number of hydrogen-bond donors (Lipinski definition) is 4. The molecule has 0 unspecified atom stereocenters. The fourth-order valence-corrected chi connectivity index (χ4v) is 5.25. The average Bonchev–Trinajstić information content (AvgIpc) is 3.02. The molecule has 5 N–H and O–H groups in total. The lowest BCUT2D eigenvalue weighted by Crippen LogP contribution is -2.49. The van der Waals surface area contributed by atoms with Gasteiger partial charge in [0.1, 0.15) is 11.9 Å². The number of likely N-dealkylation sites (N-methyl/N-ethyl adjacent to an activating group) is 1. The van der Waals surface area contributed by atoms with Crippen molar-refractivity contribution in [3.63, 3.8) is 0 Å². The summed E-state index contributed by atoms with van der Waals surface area (Å²) in [5.41, 5.74) is 8.66. The molecule has 10 nitrogen and oxygen atoms in total. The summed E-state index contributed by atoms with van der Waals surface area (Å²) in [6.07, 6.45) is -6.87. The molecule has 4 rings (SSSR count).